The third-order valence-corrected chi connectivity index (χ3v) is 4.00. The molecule has 0 aliphatic heterocycles. The van der Waals surface area contributed by atoms with Crippen LogP contribution in [0, 0.1) is 13.8 Å². The Balaban J connectivity index is 3.05. The molecule has 0 saturated heterocycles. The Kier molecular flexibility index (Phi) is 2.32. The van der Waals surface area contributed by atoms with Gasteiger partial charge in [0.25, 0.3) is 10.0 Å². The summed E-state index contributed by atoms with van der Waals surface area (Å²) in [5.41, 5.74) is 2.67. The zero-order valence-corrected chi connectivity index (χ0v) is 10.3. The number of fused-ring (bicyclic) bond motifs is 1. The van der Waals surface area contributed by atoms with Crippen molar-refractivity contribution in [3.05, 3.63) is 29.3 Å². The van der Waals surface area contributed by atoms with Gasteiger partial charge in [0.1, 0.15) is 0 Å². The molecule has 0 radical (unpaired) electrons. The lowest BCUT2D eigenvalue weighted by Gasteiger charge is -2.01. The van der Waals surface area contributed by atoms with E-state index in [2.05, 4.69) is 0 Å². The Bertz CT molecular complexity index is 669. The first-order valence-electron chi connectivity index (χ1n) is 4.91. The summed E-state index contributed by atoms with van der Waals surface area (Å²) in [7, 11) is -1.96. The minimum Gasteiger partial charge on any atom is -0.333 e. The lowest BCUT2D eigenvalue weighted by atomic mass is 10.1. The fourth-order valence-corrected chi connectivity index (χ4v) is 3.30. The number of sulfonamides is 1. The second kappa shape index (κ2) is 3.33. The number of aryl methyl sites for hydroxylation is 3. The van der Waals surface area contributed by atoms with Gasteiger partial charge in [-0.3, -0.25) is 0 Å². The lowest BCUT2D eigenvalue weighted by Crippen LogP contribution is -2.16. The van der Waals surface area contributed by atoms with E-state index in [0.29, 0.717) is 0 Å². The summed E-state index contributed by atoms with van der Waals surface area (Å²) in [5, 5.41) is 6.38. The SMILES string of the molecule is Cc1cccc2c1c(C)c(S(N)(=O)=O)n2C. The number of primary sulfonamides is 1. The summed E-state index contributed by atoms with van der Waals surface area (Å²) in [5.74, 6) is 0. The van der Waals surface area contributed by atoms with Crippen LogP contribution < -0.4 is 5.14 Å². The molecule has 0 aliphatic carbocycles. The Morgan fingerprint density at radius 1 is 1.25 bits per heavy atom. The molecule has 0 unspecified atom stereocenters. The highest BCUT2D eigenvalue weighted by Gasteiger charge is 2.21. The van der Waals surface area contributed by atoms with E-state index in [0.717, 1.165) is 22.0 Å². The zero-order chi connectivity index (χ0) is 12.1. The van der Waals surface area contributed by atoms with Crippen molar-refractivity contribution in [1.29, 1.82) is 0 Å². The van der Waals surface area contributed by atoms with Gasteiger partial charge in [-0.15, -0.1) is 0 Å². The monoisotopic (exact) mass is 238 g/mol. The number of benzene rings is 1. The fourth-order valence-electron chi connectivity index (χ4n) is 2.29. The van der Waals surface area contributed by atoms with Crippen molar-refractivity contribution in [3.63, 3.8) is 0 Å². The van der Waals surface area contributed by atoms with Crippen molar-refractivity contribution >= 4 is 20.9 Å². The highest BCUT2D eigenvalue weighted by Crippen LogP contribution is 2.29. The van der Waals surface area contributed by atoms with Gasteiger partial charge in [0.2, 0.25) is 0 Å². The molecule has 1 heterocycles. The molecule has 16 heavy (non-hydrogen) atoms. The van der Waals surface area contributed by atoms with Gasteiger partial charge in [0, 0.05) is 18.0 Å². The van der Waals surface area contributed by atoms with Crippen LogP contribution in [0.15, 0.2) is 23.2 Å². The summed E-state index contributed by atoms with van der Waals surface area (Å²) < 4.78 is 24.7. The summed E-state index contributed by atoms with van der Waals surface area (Å²) in [4.78, 5) is 0. The average Bonchev–Trinajstić information content (AvgIpc) is 2.39. The van der Waals surface area contributed by atoms with Gasteiger partial charge in [-0.05, 0) is 31.0 Å². The fraction of sp³-hybridized carbons (Fsp3) is 0.273. The van der Waals surface area contributed by atoms with Crippen molar-refractivity contribution in [2.24, 2.45) is 12.2 Å². The van der Waals surface area contributed by atoms with Crippen LogP contribution in [0.3, 0.4) is 0 Å². The van der Waals surface area contributed by atoms with E-state index in [1.54, 1.807) is 18.5 Å². The number of hydrogen-bond acceptors (Lipinski definition) is 2. The summed E-state index contributed by atoms with van der Waals surface area (Å²) in [6, 6.07) is 5.76. The molecule has 0 amide bonds. The van der Waals surface area contributed by atoms with Crippen molar-refractivity contribution in [2.75, 3.05) is 0 Å². The molecule has 86 valence electrons. The normalized spacial score (nSPS) is 12.2. The topological polar surface area (TPSA) is 65.1 Å². The molecule has 0 bridgehead atoms. The number of rotatable bonds is 1. The third kappa shape index (κ3) is 1.44. The molecule has 2 rings (SSSR count). The van der Waals surface area contributed by atoms with Crippen molar-refractivity contribution in [3.8, 4) is 0 Å². The van der Waals surface area contributed by atoms with Gasteiger partial charge in [0.05, 0.1) is 0 Å². The van der Waals surface area contributed by atoms with Crippen LogP contribution in [0.2, 0.25) is 0 Å². The number of nitrogens with two attached hydrogens (primary N) is 1. The van der Waals surface area contributed by atoms with Crippen LogP contribution >= 0.6 is 0 Å². The molecule has 2 aromatic rings. The van der Waals surface area contributed by atoms with Gasteiger partial charge in [-0.2, -0.15) is 0 Å². The highest BCUT2D eigenvalue weighted by molar-refractivity contribution is 7.89. The van der Waals surface area contributed by atoms with E-state index >= 15 is 0 Å². The third-order valence-electron chi connectivity index (χ3n) is 2.88. The molecule has 4 nitrogen and oxygen atoms in total. The Hall–Kier alpha value is -1.33. The zero-order valence-electron chi connectivity index (χ0n) is 9.48. The van der Waals surface area contributed by atoms with Gasteiger partial charge < -0.3 is 4.57 Å². The Morgan fingerprint density at radius 3 is 2.38 bits per heavy atom. The van der Waals surface area contributed by atoms with Crippen LogP contribution in [0.5, 0.6) is 0 Å². The average molecular weight is 238 g/mol. The summed E-state index contributed by atoms with van der Waals surface area (Å²) in [6.45, 7) is 3.75. The van der Waals surface area contributed by atoms with Crippen LogP contribution in [-0.2, 0) is 17.1 Å². The van der Waals surface area contributed by atoms with E-state index in [-0.39, 0.29) is 5.03 Å². The molecule has 0 atom stereocenters. The van der Waals surface area contributed by atoms with Crippen molar-refractivity contribution in [2.45, 2.75) is 18.9 Å². The number of hydrogen-bond donors (Lipinski definition) is 1. The van der Waals surface area contributed by atoms with Gasteiger partial charge in [-0.1, -0.05) is 12.1 Å². The van der Waals surface area contributed by atoms with Crippen LogP contribution in [-0.4, -0.2) is 13.0 Å². The highest BCUT2D eigenvalue weighted by atomic mass is 32.2. The summed E-state index contributed by atoms with van der Waals surface area (Å²) in [6.07, 6.45) is 0. The van der Waals surface area contributed by atoms with E-state index in [1.165, 1.54) is 0 Å². The maximum Gasteiger partial charge on any atom is 0.253 e. The number of nitrogens with zero attached hydrogens (tertiary/aromatic N) is 1. The molecule has 1 aromatic heterocycles. The van der Waals surface area contributed by atoms with Gasteiger partial charge in [-0.25, -0.2) is 13.6 Å². The maximum absolute atomic E-state index is 11.5. The van der Waals surface area contributed by atoms with Crippen molar-refractivity contribution in [1.82, 2.24) is 4.57 Å². The van der Waals surface area contributed by atoms with Gasteiger partial charge >= 0.3 is 0 Å². The van der Waals surface area contributed by atoms with Crippen LogP contribution in [0.25, 0.3) is 10.9 Å². The van der Waals surface area contributed by atoms with E-state index < -0.39 is 10.0 Å². The number of aromatic nitrogens is 1. The molecule has 1 aromatic carbocycles. The lowest BCUT2D eigenvalue weighted by molar-refractivity contribution is 0.588. The standard InChI is InChI=1S/C11H14N2O2S/c1-7-5-4-6-9-10(7)8(2)11(13(9)3)16(12,14)15/h4-6H,1-3H3,(H2,12,14,15). The van der Waals surface area contributed by atoms with E-state index in [1.807, 2.05) is 25.1 Å². The van der Waals surface area contributed by atoms with Crippen molar-refractivity contribution < 1.29 is 8.42 Å². The summed E-state index contributed by atoms with van der Waals surface area (Å²) >= 11 is 0. The first kappa shape index (κ1) is 11.2. The molecular formula is C11H14N2O2S. The smallest absolute Gasteiger partial charge is 0.253 e. The second-order valence-corrected chi connectivity index (χ2v) is 5.48. The van der Waals surface area contributed by atoms with Crippen LogP contribution in [0.4, 0.5) is 0 Å². The molecule has 0 spiro atoms. The van der Waals surface area contributed by atoms with Crippen LogP contribution in [0.1, 0.15) is 11.1 Å². The Labute approximate surface area is 94.7 Å². The molecule has 2 N–H and O–H groups in total. The molecule has 0 saturated carbocycles. The first-order valence-corrected chi connectivity index (χ1v) is 6.46. The quantitative estimate of drug-likeness (QED) is 0.817. The van der Waals surface area contributed by atoms with Gasteiger partial charge in [0.15, 0.2) is 5.03 Å². The second-order valence-electron chi connectivity index (χ2n) is 4.00. The Morgan fingerprint density at radius 2 is 1.88 bits per heavy atom. The molecule has 0 fully saturated rings. The maximum atomic E-state index is 11.5. The minimum atomic E-state index is -3.68. The largest absolute Gasteiger partial charge is 0.333 e. The van der Waals surface area contributed by atoms with E-state index in [4.69, 9.17) is 5.14 Å². The predicted octanol–water partition coefficient (Wildman–Crippen LogP) is 1.44. The molecular weight excluding hydrogens is 224 g/mol. The minimum absolute atomic E-state index is 0.191. The molecule has 0 aliphatic rings. The first-order chi connectivity index (χ1) is 7.34. The molecule has 5 heteroatoms. The predicted molar refractivity (Wildman–Crippen MR) is 63.8 cm³/mol. The van der Waals surface area contributed by atoms with E-state index in [9.17, 15) is 8.42 Å².